The van der Waals surface area contributed by atoms with Gasteiger partial charge in [0.1, 0.15) is 26.2 Å². The first-order valence-electron chi connectivity index (χ1n) is 5.34. The van der Waals surface area contributed by atoms with Crippen molar-refractivity contribution in [2.45, 2.75) is 4.90 Å². The van der Waals surface area contributed by atoms with Gasteiger partial charge in [-0.2, -0.15) is 4.31 Å². The number of sulfone groups is 1. The molecule has 0 aliphatic heterocycles. The molecule has 2 N–H and O–H groups in total. The zero-order valence-electron chi connectivity index (χ0n) is 10.8. The Bertz CT molecular complexity index is 717. The van der Waals surface area contributed by atoms with Gasteiger partial charge >= 0.3 is 0 Å². The summed E-state index contributed by atoms with van der Waals surface area (Å²) in [5.41, 5.74) is 4.19. The van der Waals surface area contributed by atoms with E-state index < -0.39 is 47.8 Å². The quantitative estimate of drug-likeness (QED) is 0.779. The van der Waals surface area contributed by atoms with E-state index in [9.17, 15) is 25.6 Å². The number of sulfonamides is 1. The third kappa shape index (κ3) is 3.64. The first-order chi connectivity index (χ1) is 8.97. The maximum absolute atomic E-state index is 13.7. The summed E-state index contributed by atoms with van der Waals surface area (Å²) in [6, 6.07) is 1.48. The van der Waals surface area contributed by atoms with Crippen molar-refractivity contribution in [1.29, 1.82) is 0 Å². The predicted molar refractivity (Wildman–Crippen MR) is 70.3 cm³/mol. The van der Waals surface area contributed by atoms with Crippen molar-refractivity contribution in [2.75, 3.05) is 31.3 Å². The van der Waals surface area contributed by atoms with Crippen LogP contribution >= 0.6 is 0 Å². The van der Waals surface area contributed by atoms with Crippen molar-refractivity contribution in [3.05, 3.63) is 23.8 Å². The predicted octanol–water partition coefficient (Wildman–Crippen LogP) is 0.212. The van der Waals surface area contributed by atoms with Crippen LogP contribution < -0.4 is 5.73 Å². The second-order valence-electron chi connectivity index (χ2n) is 4.23. The number of nitrogen functional groups attached to an aromatic ring is 1. The maximum Gasteiger partial charge on any atom is 0.245 e. The van der Waals surface area contributed by atoms with Crippen LogP contribution in [0, 0.1) is 11.6 Å². The lowest BCUT2D eigenvalue weighted by atomic mass is 10.3. The molecule has 0 unspecified atom stereocenters. The number of rotatable bonds is 5. The molecular weight excluding hydrogens is 314 g/mol. The van der Waals surface area contributed by atoms with Crippen LogP contribution in [0.2, 0.25) is 0 Å². The second-order valence-corrected chi connectivity index (χ2v) is 8.50. The van der Waals surface area contributed by atoms with Crippen LogP contribution in [-0.2, 0) is 19.9 Å². The summed E-state index contributed by atoms with van der Waals surface area (Å²) in [6.07, 6.45) is 0.948. The summed E-state index contributed by atoms with van der Waals surface area (Å²) >= 11 is 0. The largest absolute Gasteiger partial charge is 0.394 e. The van der Waals surface area contributed by atoms with Crippen molar-refractivity contribution in [1.82, 2.24) is 4.31 Å². The van der Waals surface area contributed by atoms with Crippen molar-refractivity contribution in [3.63, 3.8) is 0 Å². The lowest BCUT2D eigenvalue weighted by Crippen LogP contribution is -2.32. The lowest BCUT2D eigenvalue weighted by molar-refractivity contribution is 0.476. The Morgan fingerprint density at radius 2 is 1.75 bits per heavy atom. The summed E-state index contributed by atoms with van der Waals surface area (Å²) in [4.78, 5) is -0.799. The van der Waals surface area contributed by atoms with Gasteiger partial charge in [0.2, 0.25) is 10.0 Å². The first kappa shape index (κ1) is 16.8. The van der Waals surface area contributed by atoms with Crippen LogP contribution in [0.5, 0.6) is 0 Å². The van der Waals surface area contributed by atoms with E-state index in [0.717, 1.165) is 25.4 Å². The summed E-state index contributed by atoms with van der Waals surface area (Å²) in [5.74, 6) is -2.88. The molecule has 0 heterocycles. The Morgan fingerprint density at radius 1 is 1.20 bits per heavy atom. The molecule has 114 valence electrons. The zero-order chi connectivity index (χ0) is 15.7. The second kappa shape index (κ2) is 5.62. The van der Waals surface area contributed by atoms with E-state index in [1.54, 1.807) is 0 Å². The molecule has 0 radical (unpaired) electrons. The number of anilines is 1. The number of nitrogens with zero attached hydrogens (tertiary/aromatic N) is 1. The Kier molecular flexibility index (Phi) is 4.72. The normalized spacial score (nSPS) is 12.8. The standard InChI is InChI=1S/C10H14F2N2O4S2/c1-14(5-6-19(2,15)16)20(17,18)8-4-3-7(11)10(13)9(8)12/h3-4H,5-6,13H2,1-2H3. The number of halogens is 2. The van der Waals surface area contributed by atoms with Gasteiger partial charge in [0.25, 0.3) is 0 Å². The van der Waals surface area contributed by atoms with Gasteiger partial charge in [0, 0.05) is 19.8 Å². The van der Waals surface area contributed by atoms with E-state index in [2.05, 4.69) is 0 Å². The third-order valence-electron chi connectivity index (χ3n) is 2.56. The van der Waals surface area contributed by atoms with Gasteiger partial charge in [0.15, 0.2) is 5.82 Å². The van der Waals surface area contributed by atoms with Crippen molar-refractivity contribution < 1.29 is 25.6 Å². The summed E-state index contributed by atoms with van der Waals surface area (Å²) in [6.45, 7) is -0.349. The third-order valence-corrected chi connectivity index (χ3v) is 5.35. The number of benzene rings is 1. The fraction of sp³-hybridized carbons (Fsp3) is 0.400. The van der Waals surface area contributed by atoms with E-state index in [1.807, 2.05) is 0 Å². The van der Waals surface area contributed by atoms with Crippen molar-refractivity contribution >= 4 is 25.5 Å². The van der Waals surface area contributed by atoms with Crippen LogP contribution in [0.25, 0.3) is 0 Å². The maximum atomic E-state index is 13.7. The van der Waals surface area contributed by atoms with Gasteiger partial charge in [0.05, 0.1) is 5.75 Å². The topological polar surface area (TPSA) is 97.5 Å². The summed E-state index contributed by atoms with van der Waals surface area (Å²) in [7, 11) is -6.56. The fourth-order valence-corrected chi connectivity index (χ4v) is 3.30. The molecule has 20 heavy (non-hydrogen) atoms. The zero-order valence-corrected chi connectivity index (χ0v) is 12.4. The fourth-order valence-electron chi connectivity index (χ4n) is 1.33. The van der Waals surface area contributed by atoms with Gasteiger partial charge in [-0.1, -0.05) is 0 Å². The molecule has 0 bridgehead atoms. The van der Waals surface area contributed by atoms with Crippen molar-refractivity contribution in [2.24, 2.45) is 0 Å². The van der Waals surface area contributed by atoms with Gasteiger partial charge in [-0.15, -0.1) is 0 Å². The molecule has 1 rings (SSSR count). The Labute approximate surface area is 116 Å². The average Bonchev–Trinajstić information content (AvgIpc) is 2.31. The number of hydrogen-bond donors (Lipinski definition) is 1. The Hall–Kier alpha value is -1.26. The van der Waals surface area contributed by atoms with Crippen LogP contribution in [0.1, 0.15) is 0 Å². The van der Waals surface area contributed by atoms with Crippen molar-refractivity contribution in [3.8, 4) is 0 Å². The minimum atomic E-state index is -4.28. The van der Waals surface area contributed by atoms with Gasteiger partial charge in [-0.25, -0.2) is 25.6 Å². The summed E-state index contributed by atoms with van der Waals surface area (Å²) < 4.78 is 73.5. The van der Waals surface area contributed by atoms with E-state index in [0.29, 0.717) is 4.31 Å². The Morgan fingerprint density at radius 3 is 2.25 bits per heavy atom. The van der Waals surface area contributed by atoms with Crippen LogP contribution in [0.15, 0.2) is 17.0 Å². The average molecular weight is 328 g/mol. The van der Waals surface area contributed by atoms with E-state index in [-0.39, 0.29) is 6.54 Å². The highest BCUT2D eigenvalue weighted by Gasteiger charge is 2.27. The highest BCUT2D eigenvalue weighted by molar-refractivity contribution is 7.91. The SMILES string of the molecule is CN(CCS(C)(=O)=O)S(=O)(=O)c1ccc(F)c(N)c1F. The molecule has 1 aromatic rings. The molecule has 0 amide bonds. The van der Waals surface area contributed by atoms with E-state index in [1.165, 1.54) is 0 Å². The molecule has 1 aromatic carbocycles. The van der Waals surface area contributed by atoms with E-state index >= 15 is 0 Å². The van der Waals surface area contributed by atoms with Crippen LogP contribution in [0.3, 0.4) is 0 Å². The minimum absolute atomic E-state index is 0.349. The molecule has 0 aliphatic rings. The molecule has 0 spiro atoms. The first-order valence-corrected chi connectivity index (χ1v) is 8.84. The Balaban J connectivity index is 3.14. The summed E-state index contributed by atoms with van der Waals surface area (Å²) in [5, 5.41) is 0. The molecule has 0 fully saturated rings. The molecule has 0 atom stereocenters. The molecular formula is C10H14F2N2O4S2. The highest BCUT2D eigenvalue weighted by Crippen LogP contribution is 2.24. The smallest absolute Gasteiger partial charge is 0.245 e. The molecule has 6 nitrogen and oxygen atoms in total. The highest BCUT2D eigenvalue weighted by atomic mass is 32.2. The van der Waals surface area contributed by atoms with Gasteiger partial charge < -0.3 is 5.73 Å². The monoisotopic (exact) mass is 328 g/mol. The van der Waals surface area contributed by atoms with E-state index in [4.69, 9.17) is 5.73 Å². The number of hydrogen-bond acceptors (Lipinski definition) is 5. The van der Waals surface area contributed by atoms with Gasteiger partial charge in [-0.3, -0.25) is 0 Å². The lowest BCUT2D eigenvalue weighted by Gasteiger charge is -2.17. The number of nitrogens with two attached hydrogens (primary N) is 1. The van der Waals surface area contributed by atoms with Crippen LogP contribution in [-0.4, -0.2) is 46.7 Å². The molecule has 0 saturated heterocycles. The molecule has 0 saturated carbocycles. The van der Waals surface area contributed by atoms with Gasteiger partial charge in [-0.05, 0) is 12.1 Å². The molecule has 0 aromatic heterocycles. The van der Waals surface area contributed by atoms with Crippen LogP contribution in [0.4, 0.5) is 14.5 Å². The molecule has 10 heteroatoms. The minimum Gasteiger partial charge on any atom is -0.394 e. The molecule has 0 aliphatic carbocycles.